The van der Waals surface area contributed by atoms with Crippen LogP contribution in [0, 0.1) is 34.5 Å². The minimum atomic E-state index is -1.01. The third-order valence-corrected chi connectivity index (χ3v) is 8.41. The van der Waals surface area contributed by atoms with Gasteiger partial charge in [-0.2, -0.15) is 0 Å². The van der Waals surface area contributed by atoms with Crippen molar-refractivity contribution in [2.24, 2.45) is 34.5 Å². The van der Waals surface area contributed by atoms with Crippen LogP contribution < -0.4 is 0 Å². The number of Topliss-reactive ketones (excluding diaryl/α,β-unsaturated/α-hetero) is 1. The van der Waals surface area contributed by atoms with Crippen LogP contribution in [0.15, 0.2) is 0 Å². The molecule has 2 saturated carbocycles. The molecule has 0 N–H and O–H groups in total. The van der Waals surface area contributed by atoms with Crippen molar-refractivity contribution in [3.8, 4) is 0 Å². The highest BCUT2D eigenvalue weighted by Crippen LogP contribution is 2.64. The van der Waals surface area contributed by atoms with Crippen molar-refractivity contribution in [3.05, 3.63) is 0 Å². The minimum Gasteiger partial charge on any atom is -0.469 e. The fourth-order valence-electron chi connectivity index (χ4n) is 6.97. The van der Waals surface area contributed by atoms with Crippen LogP contribution in [0.1, 0.15) is 52.9 Å². The first-order chi connectivity index (χ1) is 14.6. The summed E-state index contributed by atoms with van der Waals surface area (Å²) in [6, 6.07) is 0. The first kappa shape index (κ1) is 22.2. The van der Waals surface area contributed by atoms with Gasteiger partial charge in [0.1, 0.15) is 6.10 Å². The molecular weight excluding hydrogens is 404 g/mol. The average Bonchev–Trinajstić information content (AvgIpc) is 3.23. The molecule has 172 valence electrons. The normalized spacial score (nSPS) is 44.6. The Balaban J connectivity index is 1.76. The topological polar surface area (TPSA) is 105 Å². The molecule has 0 bridgehead atoms. The highest BCUT2D eigenvalue weighted by Gasteiger charge is 2.68. The summed E-state index contributed by atoms with van der Waals surface area (Å²) in [5, 5.41) is 0. The molecule has 4 rings (SSSR count). The van der Waals surface area contributed by atoms with E-state index in [1.807, 2.05) is 13.8 Å². The highest BCUT2D eigenvalue weighted by atomic mass is 16.6. The lowest BCUT2D eigenvalue weighted by Gasteiger charge is -2.61. The first-order valence-corrected chi connectivity index (χ1v) is 11.2. The smallest absolute Gasteiger partial charge is 0.309 e. The van der Waals surface area contributed by atoms with Gasteiger partial charge in [-0.3, -0.25) is 19.2 Å². The van der Waals surface area contributed by atoms with Crippen LogP contribution in [-0.4, -0.2) is 56.2 Å². The van der Waals surface area contributed by atoms with Gasteiger partial charge in [-0.25, -0.2) is 0 Å². The number of esters is 3. The van der Waals surface area contributed by atoms with Crippen molar-refractivity contribution in [1.29, 1.82) is 0 Å². The Labute approximate surface area is 182 Å². The van der Waals surface area contributed by atoms with Crippen LogP contribution in [0.25, 0.3) is 0 Å². The van der Waals surface area contributed by atoms with Crippen molar-refractivity contribution in [2.45, 2.75) is 65.1 Å². The van der Waals surface area contributed by atoms with E-state index < -0.39 is 46.6 Å². The van der Waals surface area contributed by atoms with Crippen LogP contribution in [0.2, 0.25) is 0 Å². The fraction of sp³-hybridized carbons (Fsp3) is 0.826. The number of cyclic esters (lactones) is 1. The standard InChI is InChI=1S/C23H32O8/c1-12(24)30-16-9-15(20(26)28-4)22(2)7-5-14-21(27)31-17(13-6-8-29-11-13)10-23(14,3)19(22)18(16)25/h13-17,19H,5-11H2,1-4H3/t13?,14?,15-,16-,17-,19?,22-,23-/m0/s1. The van der Waals surface area contributed by atoms with E-state index in [2.05, 4.69) is 0 Å². The van der Waals surface area contributed by atoms with Crippen molar-refractivity contribution in [1.82, 2.24) is 0 Å². The minimum absolute atomic E-state index is 0.106. The Bertz CT molecular complexity index is 786. The molecule has 0 aromatic heterocycles. The number of carbonyl (C=O) groups excluding carboxylic acids is 4. The van der Waals surface area contributed by atoms with Crippen molar-refractivity contribution >= 4 is 23.7 Å². The van der Waals surface area contributed by atoms with E-state index >= 15 is 0 Å². The third kappa shape index (κ3) is 3.47. The number of hydrogen-bond donors (Lipinski definition) is 0. The maximum absolute atomic E-state index is 13.7. The summed E-state index contributed by atoms with van der Waals surface area (Å²) in [5.74, 6) is -2.96. The number of methoxy groups -OCH3 is 1. The van der Waals surface area contributed by atoms with Crippen LogP contribution in [0.4, 0.5) is 0 Å². The molecule has 0 radical (unpaired) electrons. The Morgan fingerprint density at radius 3 is 2.48 bits per heavy atom. The Hall–Kier alpha value is -1.96. The maximum Gasteiger partial charge on any atom is 0.309 e. The van der Waals surface area contributed by atoms with Crippen LogP contribution in [0.3, 0.4) is 0 Å². The number of fused-ring (bicyclic) bond motifs is 3. The molecule has 2 heterocycles. The van der Waals surface area contributed by atoms with Gasteiger partial charge in [0, 0.05) is 31.8 Å². The van der Waals surface area contributed by atoms with Crippen molar-refractivity contribution in [3.63, 3.8) is 0 Å². The molecule has 0 amide bonds. The van der Waals surface area contributed by atoms with Gasteiger partial charge in [-0.15, -0.1) is 0 Å². The molecule has 0 aromatic carbocycles. The summed E-state index contributed by atoms with van der Waals surface area (Å²) >= 11 is 0. The molecule has 0 spiro atoms. The van der Waals surface area contributed by atoms with Gasteiger partial charge in [-0.1, -0.05) is 13.8 Å². The number of ketones is 1. The van der Waals surface area contributed by atoms with Gasteiger partial charge in [-0.05, 0) is 36.5 Å². The van der Waals surface area contributed by atoms with E-state index in [9.17, 15) is 19.2 Å². The van der Waals surface area contributed by atoms with Crippen molar-refractivity contribution < 1.29 is 38.1 Å². The predicted molar refractivity (Wildman–Crippen MR) is 107 cm³/mol. The zero-order valence-electron chi connectivity index (χ0n) is 18.7. The monoisotopic (exact) mass is 436 g/mol. The average molecular weight is 437 g/mol. The summed E-state index contributed by atoms with van der Waals surface area (Å²) in [6.07, 6.45) is 1.21. The Morgan fingerprint density at radius 1 is 1.13 bits per heavy atom. The predicted octanol–water partition coefficient (Wildman–Crippen LogP) is 2.07. The second-order valence-electron chi connectivity index (χ2n) is 10.2. The summed E-state index contributed by atoms with van der Waals surface area (Å²) < 4.78 is 21.8. The van der Waals surface area contributed by atoms with Crippen LogP contribution in [0.5, 0.6) is 0 Å². The highest BCUT2D eigenvalue weighted by molar-refractivity contribution is 5.93. The third-order valence-electron chi connectivity index (χ3n) is 8.41. The molecule has 8 atom stereocenters. The van der Waals surface area contributed by atoms with Gasteiger partial charge in [0.15, 0.2) is 11.9 Å². The lowest BCUT2D eigenvalue weighted by atomic mass is 9.43. The molecule has 31 heavy (non-hydrogen) atoms. The van der Waals surface area contributed by atoms with Gasteiger partial charge >= 0.3 is 17.9 Å². The molecule has 8 heteroatoms. The summed E-state index contributed by atoms with van der Waals surface area (Å²) in [4.78, 5) is 51.3. The molecule has 3 unspecified atom stereocenters. The quantitative estimate of drug-likeness (QED) is 0.489. The molecule has 8 nitrogen and oxygen atoms in total. The van der Waals surface area contributed by atoms with Crippen molar-refractivity contribution in [2.75, 3.05) is 20.3 Å². The van der Waals surface area contributed by atoms with E-state index in [-0.39, 0.29) is 30.2 Å². The molecule has 2 saturated heterocycles. The van der Waals surface area contributed by atoms with E-state index in [0.29, 0.717) is 32.5 Å². The summed E-state index contributed by atoms with van der Waals surface area (Å²) in [5.41, 5.74) is -1.38. The molecule has 0 aromatic rings. The molecule has 4 aliphatic rings. The van der Waals surface area contributed by atoms with Crippen LogP contribution in [-0.2, 0) is 38.1 Å². The number of carbonyl (C=O) groups is 4. The lowest BCUT2D eigenvalue weighted by molar-refractivity contribution is -0.212. The van der Waals surface area contributed by atoms with E-state index in [1.165, 1.54) is 14.0 Å². The first-order valence-electron chi connectivity index (χ1n) is 11.2. The van der Waals surface area contributed by atoms with Gasteiger partial charge in [0.2, 0.25) is 0 Å². The summed E-state index contributed by atoms with van der Waals surface area (Å²) in [6.45, 7) is 6.36. The second kappa shape index (κ2) is 7.87. The lowest BCUT2D eigenvalue weighted by Crippen LogP contribution is -2.65. The van der Waals surface area contributed by atoms with E-state index in [1.54, 1.807) is 0 Å². The SMILES string of the molecule is COC(=O)[C@@H]1C[C@H](OC(C)=O)C(=O)C2[C@@]3(C)C[C@@H](C4CCOC4)OC(=O)C3CC[C@]21C. The van der Waals surface area contributed by atoms with Gasteiger partial charge in [0.25, 0.3) is 0 Å². The Morgan fingerprint density at radius 2 is 1.87 bits per heavy atom. The molecular formula is C23H32O8. The second-order valence-corrected chi connectivity index (χ2v) is 10.2. The van der Waals surface area contributed by atoms with Crippen LogP contribution >= 0.6 is 0 Å². The van der Waals surface area contributed by atoms with Gasteiger partial charge in [0.05, 0.1) is 25.6 Å². The summed E-state index contributed by atoms with van der Waals surface area (Å²) in [7, 11) is 1.33. The zero-order chi connectivity index (χ0) is 22.6. The van der Waals surface area contributed by atoms with E-state index in [0.717, 1.165) is 6.42 Å². The molecule has 2 aliphatic heterocycles. The fourth-order valence-corrected chi connectivity index (χ4v) is 6.97. The number of rotatable bonds is 3. The van der Waals surface area contributed by atoms with E-state index in [4.69, 9.17) is 18.9 Å². The molecule has 4 fully saturated rings. The molecule has 2 aliphatic carbocycles. The van der Waals surface area contributed by atoms with Gasteiger partial charge < -0.3 is 18.9 Å². The maximum atomic E-state index is 13.7. The largest absolute Gasteiger partial charge is 0.469 e. The number of hydrogen-bond acceptors (Lipinski definition) is 8. The Kier molecular flexibility index (Phi) is 5.65. The number of ether oxygens (including phenoxy) is 4. The zero-order valence-corrected chi connectivity index (χ0v) is 18.7.